The number of hydrogen-bond acceptors (Lipinski definition) is 3. The fourth-order valence-corrected chi connectivity index (χ4v) is 2.17. The Bertz CT molecular complexity index is 562. The van der Waals surface area contributed by atoms with Crippen LogP contribution in [0.1, 0.15) is 11.3 Å². The molecule has 0 aliphatic carbocycles. The van der Waals surface area contributed by atoms with Crippen LogP contribution in [-0.4, -0.2) is 21.3 Å². The van der Waals surface area contributed by atoms with Crippen LogP contribution in [0.25, 0.3) is 11.4 Å². The van der Waals surface area contributed by atoms with Crippen LogP contribution < -0.4 is 5.32 Å². The van der Waals surface area contributed by atoms with E-state index < -0.39 is 0 Å². The zero-order valence-electron chi connectivity index (χ0n) is 9.57. The summed E-state index contributed by atoms with van der Waals surface area (Å²) in [4.78, 5) is 4.08. The molecule has 0 unspecified atom stereocenters. The molecule has 1 aliphatic rings. The van der Waals surface area contributed by atoms with Crippen molar-refractivity contribution in [2.45, 2.75) is 20.0 Å². The topological polar surface area (TPSA) is 42.7 Å². The van der Waals surface area contributed by atoms with E-state index in [1.807, 2.05) is 11.6 Å². The van der Waals surface area contributed by atoms with Crippen LogP contribution >= 0.6 is 0 Å². The molecule has 0 saturated carbocycles. The van der Waals surface area contributed by atoms with E-state index in [0.717, 1.165) is 30.9 Å². The standard InChI is InChI=1S/C12H13FN4/c1-8-10-7-14-5-6-17(10)16-11(8)12-9(13)3-2-4-15-12/h2-4,14H,5-7H2,1H3. The fourth-order valence-electron chi connectivity index (χ4n) is 2.17. The van der Waals surface area contributed by atoms with Gasteiger partial charge in [-0.1, -0.05) is 0 Å². The van der Waals surface area contributed by atoms with E-state index in [9.17, 15) is 4.39 Å². The van der Waals surface area contributed by atoms with E-state index in [1.54, 1.807) is 12.3 Å². The van der Waals surface area contributed by atoms with Crippen molar-refractivity contribution in [3.8, 4) is 11.4 Å². The third-order valence-corrected chi connectivity index (χ3v) is 3.10. The van der Waals surface area contributed by atoms with Gasteiger partial charge in [0.05, 0.1) is 12.2 Å². The molecule has 88 valence electrons. The van der Waals surface area contributed by atoms with Crippen LogP contribution in [0.4, 0.5) is 4.39 Å². The first-order chi connectivity index (χ1) is 8.27. The molecule has 0 aromatic carbocycles. The van der Waals surface area contributed by atoms with Gasteiger partial charge in [0.2, 0.25) is 0 Å². The fraction of sp³-hybridized carbons (Fsp3) is 0.333. The summed E-state index contributed by atoms with van der Waals surface area (Å²) in [6, 6.07) is 3.00. The lowest BCUT2D eigenvalue weighted by atomic mass is 10.1. The Morgan fingerprint density at radius 2 is 2.29 bits per heavy atom. The minimum Gasteiger partial charge on any atom is -0.309 e. The second-order valence-electron chi connectivity index (χ2n) is 4.15. The Labute approximate surface area is 98.5 Å². The van der Waals surface area contributed by atoms with Crippen molar-refractivity contribution < 1.29 is 4.39 Å². The number of rotatable bonds is 1. The van der Waals surface area contributed by atoms with Crippen molar-refractivity contribution in [1.29, 1.82) is 0 Å². The Morgan fingerprint density at radius 3 is 3.06 bits per heavy atom. The molecule has 3 heterocycles. The van der Waals surface area contributed by atoms with Gasteiger partial charge in [0.1, 0.15) is 11.4 Å². The monoisotopic (exact) mass is 232 g/mol. The van der Waals surface area contributed by atoms with Gasteiger partial charge in [0, 0.05) is 24.8 Å². The van der Waals surface area contributed by atoms with Crippen LogP contribution in [-0.2, 0) is 13.1 Å². The van der Waals surface area contributed by atoms with Crippen LogP contribution in [0.5, 0.6) is 0 Å². The number of pyridine rings is 1. The van der Waals surface area contributed by atoms with E-state index in [-0.39, 0.29) is 5.82 Å². The first-order valence-corrected chi connectivity index (χ1v) is 5.65. The quantitative estimate of drug-likeness (QED) is 0.810. The molecule has 0 saturated heterocycles. The van der Waals surface area contributed by atoms with E-state index in [2.05, 4.69) is 15.4 Å². The zero-order valence-corrected chi connectivity index (χ0v) is 9.57. The maximum atomic E-state index is 13.7. The molecule has 0 bridgehead atoms. The molecule has 1 N–H and O–H groups in total. The van der Waals surface area contributed by atoms with Crippen LogP contribution in [0.3, 0.4) is 0 Å². The predicted molar refractivity (Wildman–Crippen MR) is 61.9 cm³/mol. The van der Waals surface area contributed by atoms with Crippen molar-refractivity contribution >= 4 is 0 Å². The molecule has 1 aliphatic heterocycles. The lowest BCUT2D eigenvalue weighted by Gasteiger charge is -2.14. The van der Waals surface area contributed by atoms with Gasteiger partial charge >= 0.3 is 0 Å². The minimum atomic E-state index is -0.320. The number of halogens is 1. The molecule has 0 radical (unpaired) electrons. The molecule has 2 aromatic rings. The van der Waals surface area contributed by atoms with Gasteiger partial charge in [-0.3, -0.25) is 9.67 Å². The zero-order chi connectivity index (χ0) is 11.8. The Morgan fingerprint density at radius 1 is 1.41 bits per heavy atom. The molecule has 5 heteroatoms. The summed E-state index contributed by atoms with van der Waals surface area (Å²) >= 11 is 0. The Hall–Kier alpha value is -1.75. The van der Waals surface area contributed by atoms with Crippen LogP contribution in [0.2, 0.25) is 0 Å². The maximum absolute atomic E-state index is 13.7. The van der Waals surface area contributed by atoms with Crippen molar-refractivity contribution in [2.24, 2.45) is 0 Å². The van der Waals surface area contributed by atoms with Gasteiger partial charge in [-0.25, -0.2) is 4.39 Å². The summed E-state index contributed by atoms with van der Waals surface area (Å²) in [7, 11) is 0. The summed E-state index contributed by atoms with van der Waals surface area (Å²) < 4.78 is 15.6. The normalized spacial score (nSPS) is 14.7. The molecule has 3 rings (SSSR count). The van der Waals surface area contributed by atoms with Gasteiger partial charge in [-0.2, -0.15) is 5.10 Å². The van der Waals surface area contributed by atoms with Crippen molar-refractivity contribution in [3.05, 3.63) is 35.4 Å². The molecule has 0 atom stereocenters. The van der Waals surface area contributed by atoms with Crippen molar-refractivity contribution in [3.63, 3.8) is 0 Å². The van der Waals surface area contributed by atoms with E-state index in [4.69, 9.17) is 0 Å². The van der Waals surface area contributed by atoms with Gasteiger partial charge in [0.15, 0.2) is 5.82 Å². The Kier molecular flexibility index (Phi) is 2.40. The maximum Gasteiger partial charge on any atom is 0.151 e. The molecule has 0 spiro atoms. The van der Waals surface area contributed by atoms with Gasteiger partial charge in [0.25, 0.3) is 0 Å². The lowest BCUT2D eigenvalue weighted by Crippen LogP contribution is -2.28. The predicted octanol–water partition coefficient (Wildman–Crippen LogP) is 1.50. The highest BCUT2D eigenvalue weighted by molar-refractivity contribution is 5.60. The molecule has 4 nitrogen and oxygen atoms in total. The van der Waals surface area contributed by atoms with E-state index >= 15 is 0 Å². The summed E-state index contributed by atoms with van der Waals surface area (Å²) in [5.74, 6) is -0.320. The van der Waals surface area contributed by atoms with Crippen LogP contribution in [0, 0.1) is 12.7 Å². The SMILES string of the molecule is Cc1c(-c2ncccc2F)nn2c1CNCC2. The van der Waals surface area contributed by atoms with Gasteiger partial charge in [-0.05, 0) is 19.1 Å². The largest absolute Gasteiger partial charge is 0.309 e. The number of fused-ring (bicyclic) bond motifs is 1. The molecule has 17 heavy (non-hydrogen) atoms. The number of hydrogen-bond donors (Lipinski definition) is 1. The summed E-state index contributed by atoms with van der Waals surface area (Å²) in [5.41, 5.74) is 3.12. The third kappa shape index (κ3) is 1.63. The smallest absolute Gasteiger partial charge is 0.151 e. The second-order valence-corrected chi connectivity index (χ2v) is 4.15. The average Bonchev–Trinajstić information content (AvgIpc) is 2.68. The van der Waals surface area contributed by atoms with Crippen LogP contribution in [0.15, 0.2) is 18.3 Å². The lowest BCUT2D eigenvalue weighted by molar-refractivity contribution is 0.475. The molecule has 0 amide bonds. The van der Waals surface area contributed by atoms with E-state index in [0.29, 0.717) is 11.4 Å². The molecule has 0 fully saturated rings. The summed E-state index contributed by atoms with van der Waals surface area (Å²) in [6.45, 7) is 4.48. The minimum absolute atomic E-state index is 0.320. The van der Waals surface area contributed by atoms with Gasteiger partial charge < -0.3 is 5.32 Å². The van der Waals surface area contributed by atoms with Crippen molar-refractivity contribution in [2.75, 3.05) is 6.54 Å². The number of nitrogens with zero attached hydrogens (tertiary/aromatic N) is 3. The summed E-state index contributed by atoms with van der Waals surface area (Å²) in [5, 5.41) is 7.74. The number of nitrogens with one attached hydrogen (secondary N) is 1. The van der Waals surface area contributed by atoms with Crippen molar-refractivity contribution in [1.82, 2.24) is 20.1 Å². The average molecular weight is 232 g/mol. The third-order valence-electron chi connectivity index (χ3n) is 3.10. The highest BCUT2D eigenvalue weighted by atomic mass is 19.1. The van der Waals surface area contributed by atoms with E-state index in [1.165, 1.54) is 6.07 Å². The second kappa shape index (κ2) is 3.92. The van der Waals surface area contributed by atoms with Gasteiger partial charge in [-0.15, -0.1) is 0 Å². The number of aromatic nitrogens is 3. The molecular formula is C12H13FN4. The first kappa shape index (κ1) is 10.4. The first-order valence-electron chi connectivity index (χ1n) is 5.65. The highest BCUT2D eigenvalue weighted by Gasteiger charge is 2.20. The highest BCUT2D eigenvalue weighted by Crippen LogP contribution is 2.25. The Balaban J connectivity index is 2.16. The molecule has 2 aromatic heterocycles. The molecular weight excluding hydrogens is 219 g/mol. The summed E-state index contributed by atoms with van der Waals surface area (Å²) in [6.07, 6.45) is 1.59.